The van der Waals surface area contributed by atoms with Gasteiger partial charge in [0.2, 0.25) is 0 Å². The van der Waals surface area contributed by atoms with Crippen LogP contribution in [0.15, 0.2) is 0 Å². The summed E-state index contributed by atoms with van der Waals surface area (Å²) in [7, 11) is -3.24. The zero-order chi connectivity index (χ0) is 13.6. The monoisotopic (exact) mass is 325 g/mol. The van der Waals surface area contributed by atoms with Crippen LogP contribution in [0.25, 0.3) is 0 Å². The lowest BCUT2D eigenvalue weighted by molar-refractivity contribution is 0.354. The van der Waals surface area contributed by atoms with Crippen LogP contribution < -0.4 is 10.0 Å². The van der Waals surface area contributed by atoms with Crippen molar-refractivity contribution in [3.63, 3.8) is 0 Å². The second-order valence-electron chi connectivity index (χ2n) is 5.71. The van der Waals surface area contributed by atoms with Crippen molar-refractivity contribution in [2.75, 3.05) is 32.7 Å². The van der Waals surface area contributed by atoms with E-state index < -0.39 is 10.2 Å². The topological polar surface area (TPSA) is 61.4 Å². The third-order valence-corrected chi connectivity index (χ3v) is 5.75. The average molecular weight is 326 g/mol. The first-order valence-electron chi connectivity index (χ1n) is 7.64. The molecule has 0 aromatic carbocycles. The number of piperidine rings is 1. The van der Waals surface area contributed by atoms with E-state index in [4.69, 9.17) is 0 Å². The molecule has 0 spiro atoms. The van der Waals surface area contributed by atoms with Gasteiger partial charge in [0, 0.05) is 19.6 Å². The van der Waals surface area contributed by atoms with E-state index in [-0.39, 0.29) is 12.4 Å². The maximum Gasteiger partial charge on any atom is 0.279 e. The molecule has 2 aliphatic heterocycles. The van der Waals surface area contributed by atoms with Crippen molar-refractivity contribution in [3.05, 3.63) is 0 Å². The van der Waals surface area contributed by atoms with Crippen LogP contribution in [0, 0.1) is 5.92 Å². The summed E-state index contributed by atoms with van der Waals surface area (Å²) in [5.74, 6) is 0.626. The van der Waals surface area contributed by atoms with E-state index in [2.05, 4.69) is 10.0 Å². The number of hydrogen-bond acceptors (Lipinski definition) is 3. The van der Waals surface area contributed by atoms with Crippen molar-refractivity contribution >= 4 is 22.6 Å². The van der Waals surface area contributed by atoms with E-state index >= 15 is 0 Å². The summed E-state index contributed by atoms with van der Waals surface area (Å²) in [5.41, 5.74) is 0. The minimum atomic E-state index is -3.24. The van der Waals surface area contributed by atoms with Crippen molar-refractivity contribution < 1.29 is 8.42 Å². The molecule has 2 fully saturated rings. The summed E-state index contributed by atoms with van der Waals surface area (Å²) < 4.78 is 28.8. The SMILES string of the molecule is Cl.O=S(=O)(NCCC1CCCNC1)N1CCCCCC1. The van der Waals surface area contributed by atoms with E-state index in [0.717, 1.165) is 45.2 Å². The van der Waals surface area contributed by atoms with E-state index in [9.17, 15) is 8.42 Å². The Hall–Kier alpha value is 0.120. The highest BCUT2D eigenvalue weighted by Gasteiger charge is 2.22. The second kappa shape index (κ2) is 9.20. The molecule has 5 nitrogen and oxygen atoms in total. The van der Waals surface area contributed by atoms with Gasteiger partial charge >= 0.3 is 0 Å². The maximum atomic E-state index is 12.2. The predicted octanol–water partition coefficient (Wildman–Crippen LogP) is 1.51. The molecule has 0 radical (unpaired) electrons. The quantitative estimate of drug-likeness (QED) is 0.805. The van der Waals surface area contributed by atoms with Crippen molar-refractivity contribution in [1.82, 2.24) is 14.3 Å². The highest BCUT2D eigenvalue weighted by atomic mass is 35.5. The highest BCUT2D eigenvalue weighted by Crippen LogP contribution is 2.15. The van der Waals surface area contributed by atoms with Crippen molar-refractivity contribution in [1.29, 1.82) is 0 Å². The first kappa shape index (κ1) is 18.2. The molecular weight excluding hydrogens is 298 g/mol. The van der Waals surface area contributed by atoms with Gasteiger partial charge in [0.05, 0.1) is 0 Å². The van der Waals surface area contributed by atoms with Crippen LogP contribution in [-0.4, -0.2) is 45.4 Å². The van der Waals surface area contributed by atoms with Crippen LogP contribution in [0.1, 0.15) is 44.9 Å². The molecule has 0 aromatic heterocycles. The van der Waals surface area contributed by atoms with Gasteiger partial charge in [0.1, 0.15) is 0 Å². The van der Waals surface area contributed by atoms with E-state index in [1.54, 1.807) is 4.31 Å². The van der Waals surface area contributed by atoms with E-state index in [1.807, 2.05) is 0 Å². The molecule has 0 amide bonds. The minimum Gasteiger partial charge on any atom is -0.316 e. The van der Waals surface area contributed by atoms with E-state index in [0.29, 0.717) is 25.6 Å². The fourth-order valence-corrected chi connectivity index (χ4v) is 4.23. The van der Waals surface area contributed by atoms with Crippen LogP contribution in [0.3, 0.4) is 0 Å². The molecular formula is C13H28ClN3O2S. The lowest BCUT2D eigenvalue weighted by Gasteiger charge is -2.24. The molecule has 0 aliphatic carbocycles. The normalized spacial score (nSPS) is 25.7. The second-order valence-corrected chi connectivity index (χ2v) is 7.47. The lowest BCUT2D eigenvalue weighted by Crippen LogP contribution is -2.42. The molecule has 2 N–H and O–H groups in total. The number of hydrogen-bond donors (Lipinski definition) is 2. The van der Waals surface area contributed by atoms with Crippen LogP contribution in [0.4, 0.5) is 0 Å². The third-order valence-electron chi connectivity index (χ3n) is 4.14. The summed E-state index contributed by atoms with van der Waals surface area (Å²) in [6, 6.07) is 0. The van der Waals surface area contributed by atoms with Crippen molar-refractivity contribution in [2.24, 2.45) is 5.92 Å². The average Bonchev–Trinajstić information content (AvgIpc) is 2.69. The fraction of sp³-hybridized carbons (Fsp3) is 1.00. The molecule has 120 valence electrons. The van der Waals surface area contributed by atoms with Crippen LogP contribution in [0.2, 0.25) is 0 Å². The molecule has 2 rings (SSSR count). The van der Waals surface area contributed by atoms with Gasteiger partial charge in [-0.15, -0.1) is 12.4 Å². The summed E-state index contributed by atoms with van der Waals surface area (Å²) in [6.45, 7) is 4.08. The Bertz CT molecular complexity index is 351. The molecule has 1 unspecified atom stereocenters. The molecule has 2 saturated heterocycles. The third kappa shape index (κ3) is 5.85. The summed E-state index contributed by atoms with van der Waals surface area (Å²) in [6.07, 6.45) is 7.67. The van der Waals surface area contributed by atoms with Crippen LogP contribution >= 0.6 is 12.4 Å². The molecule has 0 saturated carbocycles. The van der Waals surface area contributed by atoms with E-state index in [1.165, 1.54) is 12.8 Å². The number of rotatable bonds is 5. The van der Waals surface area contributed by atoms with Gasteiger partial charge in [0.15, 0.2) is 0 Å². The number of halogens is 1. The number of nitrogens with one attached hydrogen (secondary N) is 2. The molecule has 7 heteroatoms. The molecule has 20 heavy (non-hydrogen) atoms. The first-order valence-corrected chi connectivity index (χ1v) is 9.08. The van der Waals surface area contributed by atoms with Gasteiger partial charge in [0.25, 0.3) is 10.2 Å². The zero-order valence-corrected chi connectivity index (χ0v) is 13.8. The van der Waals surface area contributed by atoms with Gasteiger partial charge in [-0.3, -0.25) is 0 Å². The molecule has 2 heterocycles. The summed E-state index contributed by atoms with van der Waals surface area (Å²) in [4.78, 5) is 0. The molecule has 0 bridgehead atoms. The standard InChI is InChI=1S/C13H27N3O2S.ClH/c17-19(18,16-10-3-1-2-4-11-16)15-9-7-13-6-5-8-14-12-13;/h13-15H,1-12H2;1H. The maximum absolute atomic E-state index is 12.2. The Morgan fingerprint density at radius 3 is 2.40 bits per heavy atom. The van der Waals surface area contributed by atoms with Gasteiger partial charge < -0.3 is 5.32 Å². The van der Waals surface area contributed by atoms with Crippen molar-refractivity contribution in [2.45, 2.75) is 44.9 Å². The van der Waals surface area contributed by atoms with Gasteiger partial charge in [-0.05, 0) is 51.1 Å². The van der Waals surface area contributed by atoms with Gasteiger partial charge in [-0.1, -0.05) is 12.8 Å². The lowest BCUT2D eigenvalue weighted by atomic mass is 9.96. The largest absolute Gasteiger partial charge is 0.316 e. The Kier molecular flexibility index (Phi) is 8.36. The summed E-state index contributed by atoms with van der Waals surface area (Å²) in [5, 5.41) is 3.37. The molecule has 1 atom stereocenters. The first-order chi connectivity index (χ1) is 9.18. The highest BCUT2D eigenvalue weighted by molar-refractivity contribution is 7.87. The zero-order valence-electron chi connectivity index (χ0n) is 12.1. The summed E-state index contributed by atoms with van der Waals surface area (Å²) >= 11 is 0. The molecule has 2 aliphatic rings. The Morgan fingerprint density at radius 2 is 1.80 bits per heavy atom. The van der Waals surface area contributed by atoms with Gasteiger partial charge in [-0.2, -0.15) is 12.7 Å². The Labute approximate surface area is 129 Å². The number of nitrogens with zero attached hydrogens (tertiary/aromatic N) is 1. The van der Waals surface area contributed by atoms with Crippen LogP contribution in [-0.2, 0) is 10.2 Å². The van der Waals surface area contributed by atoms with Crippen LogP contribution in [0.5, 0.6) is 0 Å². The minimum absolute atomic E-state index is 0. The smallest absolute Gasteiger partial charge is 0.279 e. The van der Waals surface area contributed by atoms with Gasteiger partial charge in [-0.25, -0.2) is 4.72 Å². The fourth-order valence-electron chi connectivity index (χ4n) is 2.94. The predicted molar refractivity (Wildman–Crippen MR) is 84.4 cm³/mol. The Morgan fingerprint density at radius 1 is 1.10 bits per heavy atom. The van der Waals surface area contributed by atoms with Crippen molar-refractivity contribution in [3.8, 4) is 0 Å². The Balaban J connectivity index is 0.00000200. The molecule has 0 aromatic rings.